The number of hydrogen-bond acceptors (Lipinski definition) is 3. The Balaban J connectivity index is 2.07. The van der Waals surface area contributed by atoms with Crippen LogP contribution in [0.15, 0.2) is 21.2 Å². The lowest BCUT2D eigenvalue weighted by Gasteiger charge is -2.29. The zero-order valence-corrected chi connectivity index (χ0v) is 10.6. The SMILES string of the molecule is O=C(O)[C@@H]1CCCN(C(=O)c2ccc(Br)o2)C1. The summed E-state index contributed by atoms with van der Waals surface area (Å²) in [5.41, 5.74) is 0. The quantitative estimate of drug-likeness (QED) is 0.907. The van der Waals surface area contributed by atoms with Crippen LogP contribution in [0.25, 0.3) is 0 Å². The molecule has 92 valence electrons. The molecule has 2 heterocycles. The number of carboxylic acids is 1. The Morgan fingerprint density at radius 1 is 1.47 bits per heavy atom. The molecule has 1 aliphatic rings. The van der Waals surface area contributed by atoms with Crippen LogP contribution >= 0.6 is 15.9 Å². The highest BCUT2D eigenvalue weighted by Gasteiger charge is 2.29. The van der Waals surface area contributed by atoms with Crippen LogP contribution in [-0.2, 0) is 4.79 Å². The van der Waals surface area contributed by atoms with E-state index in [1.165, 1.54) is 4.90 Å². The van der Waals surface area contributed by atoms with Crippen molar-refractivity contribution in [1.82, 2.24) is 4.90 Å². The Kier molecular flexibility index (Phi) is 3.51. The summed E-state index contributed by atoms with van der Waals surface area (Å²) in [5.74, 6) is -1.32. The first-order chi connectivity index (χ1) is 8.08. The van der Waals surface area contributed by atoms with Crippen LogP contribution in [0, 0.1) is 5.92 Å². The molecule has 1 aromatic rings. The maximum atomic E-state index is 12.0. The average molecular weight is 302 g/mol. The van der Waals surface area contributed by atoms with Crippen molar-refractivity contribution in [3.8, 4) is 0 Å². The fraction of sp³-hybridized carbons (Fsp3) is 0.455. The second kappa shape index (κ2) is 4.91. The number of rotatable bonds is 2. The Morgan fingerprint density at radius 2 is 2.24 bits per heavy atom. The zero-order valence-electron chi connectivity index (χ0n) is 9.06. The third-order valence-corrected chi connectivity index (χ3v) is 3.27. The van der Waals surface area contributed by atoms with E-state index in [9.17, 15) is 9.59 Å². The number of carbonyl (C=O) groups is 2. The highest BCUT2D eigenvalue weighted by atomic mass is 79.9. The van der Waals surface area contributed by atoms with Crippen molar-refractivity contribution >= 4 is 27.8 Å². The summed E-state index contributed by atoms with van der Waals surface area (Å²) in [6.45, 7) is 0.841. The second-order valence-corrected chi connectivity index (χ2v) is 4.81. The molecule has 1 N–H and O–H groups in total. The fourth-order valence-corrected chi connectivity index (χ4v) is 2.25. The van der Waals surface area contributed by atoms with Crippen LogP contribution in [0.4, 0.5) is 0 Å². The summed E-state index contributed by atoms with van der Waals surface area (Å²) in [7, 11) is 0. The largest absolute Gasteiger partial charge is 0.481 e. The van der Waals surface area contributed by atoms with Crippen LogP contribution in [0.2, 0.25) is 0 Å². The molecule has 1 aromatic heterocycles. The van der Waals surface area contributed by atoms with Gasteiger partial charge in [0.2, 0.25) is 0 Å². The molecular weight excluding hydrogens is 290 g/mol. The summed E-state index contributed by atoms with van der Waals surface area (Å²) in [6.07, 6.45) is 1.34. The molecule has 1 atom stereocenters. The van der Waals surface area contributed by atoms with Gasteiger partial charge in [0, 0.05) is 13.1 Å². The van der Waals surface area contributed by atoms with Crippen LogP contribution in [0.1, 0.15) is 23.4 Å². The number of carbonyl (C=O) groups excluding carboxylic acids is 1. The number of piperidine rings is 1. The van der Waals surface area contributed by atoms with E-state index in [1.54, 1.807) is 12.1 Å². The van der Waals surface area contributed by atoms with Gasteiger partial charge in [0.25, 0.3) is 5.91 Å². The third-order valence-electron chi connectivity index (χ3n) is 2.84. The number of carboxylic acid groups (broad SMARTS) is 1. The van der Waals surface area contributed by atoms with Gasteiger partial charge in [-0.15, -0.1) is 0 Å². The van der Waals surface area contributed by atoms with Crippen LogP contribution in [0.5, 0.6) is 0 Å². The number of amides is 1. The molecule has 0 aromatic carbocycles. The number of furan rings is 1. The molecule has 1 aliphatic heterocycles. The summed E-state index contributed by atoms with van der Waals surface area (Å²) in [6, 6.07) is 3.22. The number of hydrogen-bond donors (Lipinski definition) is 1. The maximum absolute atomic E-state index is 12.0. The van der Waals surface area contributed by atoms with E-state index < -0.39 is 11.9 Å². The van der Waals surface area contributed by atoms with Gasteiger partial charge in [-0.25, -0.2) is 0 Å². The smallest absolute Gasteiger partial charge is 0.308 e. The van der Waals surface area contributed by atoms with Gasteiger partial charge in [0.15, 0.2) is 10.4 Å². The van der Waals surface area contributed by atoms with Gasteiger partial charge in [0.05, 0.1) is 5.92 Å². The van der Waals surface area contributed by atoms with Gasteiger partial charge >= 0.3 is 5.97 Å². The molecule has 0 spiro atoms. The molecule has 6 heteroatoms. The maximum Gasteiger partial charge on any atom is 0.308 e. The van der Waals surface area contributed by atoms with Crippen molar-refractivity contribution in [2.45, 2.75) is 12.8 Å². The van der Waals surface area contributed by atoms with Gasteiger partial charge in [-0.3, -0.25) is 9.59 Å². The highest BCUT2D eigenvalue weighted by molar-refractivity contribution is 9.10. The molecule has 1 amide bonds. The molecular formula is C11H12BrNO4. The molecule has 0 unspecified atom stereocenters. The standard InChI is InChI=1S/C11H12BrNO4/c12-9-4-3-8(17-9)10(14)13-5-1-2-7(6-13)11(15)16/h3-4,7H,1-2,5-6H2,(H,15,16)/t7-/m1/s1. The minimum atomic E-state index is -0.844. The predicted octanol–water partition coefficient (Wildman–Crippen LogP) is 1.98. The first-order valence-electron chi connectivity index (χ1n) is 5.35. The molecule has 0 bridgehead atoms. The number of halogens is 1. The topological polar surface area (TPSA) is 70.8 Å². The lowest BCUT2D eigenvalue weighted by Crippen LogP contribution is -2.42. The van der Waals surface area contributed by atoms with Crippen LogP contribution < -0.4 is 0 Å². The first kappa shape index (κ1) is 12.2. The van der Waals surface area contributed by atoms with Crippen molar-refractivity contribution in [3.05, 3.63) is 22.6 Å². The number of nitrogens with zero attached hydrogens (tertiary/aromatic N) is 1. The summed E-state index contributed by atoms with van der Waals surface area (Å²) >= 11 is 3.13. The minimum absolute atomic E-state index is 0.239. The van der Waals surface area contributed by atoms with Crippen molar-refractivity contribution in [2.75, 3.05) is 13.1 Å². The van der Waals surface area contributed by atoms with Gasteiger partial charge in [0.1, 0.15) is 0 Å². The lowest BCUT2D eigenvalue weighted by atomic mass is 9.98. The summed E-state index contributed by atoms with van der Waals surface area (Å²) in [5, 5.41) is 8.94. The van der Waals surface area contributed by atoms with E-state index in [1.807, 2.05) is 0 Å². The van der Waals surface area contributed by atoms with E-state index in [2.05, 4.69) is 15.9 Å². The van der Waals surface area contributed by atoms with E-state index in [4.69, 9.17) is 9.52 Å². The summed E-state index contributed by atoms with van der Waals surface area (Å²) < 4.78 is 5.67. The highest BCUT2D eigenvalue weighted by Crippen LogP contribution is 2.21. The van der Waals surface area contributed by atoms with Crippen molar-refractivity contribution < 1.29 is 19.1 Å². The minimum Gasteiger partial charge on any atom is -0.481 e. The predicted molar refractivity (Wildman–Crippen MR) is 62.7 cm³/mol. The molecule has 0 radical (unpaired) electrons. The van der Waals surface area contributed by atoms with Crippen LogP contribution in [0.3, 0.4) is 0 Å². The Morgan fingerprint density at radius 3 is 2.82 bits per heavy atom. The fourth-order valence-electron chi connectivity index (χ4n) is 1.95. The second-order valence-electron chi connectivity index (χ2n) is 4.03. The lowest BCUT2D eigenvalue weighted by molar-refractivity contribution is -0.143. The van der Waals surface area contributed by atoms with Gasteiger partial charge in [-0.2, -0.15) is 0 Å². The van der Waals surface area contributed by atoms with E-state index in [-0.39, 0.29) is 18.2 Å². The van der Waals surface area contributed by atoms with Gasteiger partial charge < -0.3 is 14.4 Å². The Labute approximate surface area is 107 Å². The van der Waals surface area contributed by atoms with Crippen molar-refractivity contribution in [1.29, 1.82) is 0 Å². The molecule has 0 aliphatic carbocycles. The molecule has 1 saturated heterocycles. The average Bonchev–Trinajstić information content (AvgIpc) is 2.75. The molecule has 5 nitrogen and oxygen atoms in total. The first-order valence-corrected chi connectivity index (χ1v) is 6.14. The van der Waals surface area contributed by atoms with E-state index in [0.29, 0.717) is 24.1 Å². The van der Waals surface area contributed by atoms with E-state index in [0.717, 1.165) is 0 Å². The van der Waals surface area contributed by atoms with Gasteiger partial charge in [-0.05, 0) is 40.9 Å². The Hall–Kier alpha value is -1.30. The van der Waals surface area contributed by atoms with Crippen molar-refractivity contribution in [3.63, 3.8) is 0 Å². The summed E-state index contributed by atoms with van der Waals surface area (Å²) in [4.78, 5) is 24.4. The zero-order chi connectivity index (χ0) is 12.4. The van der Waals surface area contributed by atoms with Gasteiger partial charge in [-0.1, -0.05) is 0 Å². The monoisotopic (exact) mass is 301 g/mol. The molecule has 1 fully saturated rings. The molecule has 17 heavy (non-hydrogen) atoms. The number of likely N-dealkylation sites (tertiary alicyclic amines) is 1. The van der Waals surface area contributed by atoms with E-state index >= 15 is 0 Å². The third kappa shape index (κ3) is 2.69. The number of aliphatic carboxylic acids is 1. The molecule has 0 saturated carbocycles. The normalized spacial score (nSPS) is 20.3. The molecule has 2 rings (SSSR count). The Bertz CT molecular complexity index is 442. The van der Waals surface area contributed by atoms with Crippen LogP contribution in [-0.4, -0.2) is 35.0 Å². The van der Waals surface area contributed by atoms with Crippen molar-refractivity contribution in [2.24, 2.45) is 5.92 Å².